The first-order valence-corrected chi connectivity index (χ1v) is 7.78. The van der Waals surface area contributed by atoms with Crippen molar-refractivity contribution in [2.75, 3.05) is 6.54 Å². The van der Waals surface area contributed by atoms with Crippen LogP contribution in [0.2, 0.25) is 0 Å². The maximum Gasteiger partial charge on any atom is 0.269 e. The van der Waals surface area contributed by atoms with Crippen LogP contribution >= 0.6 is 0 Å². The quantitative estimate of drug-likeness (QED) is 0.892. The summed E-state index contributed by atoms with van der Waals surface area (Å²) in [5, 5.41) is 17.7. The van der Waals surface area contributed by atoms with Gasteiger partial charge in [-0.1, -0.05) is 20.8 Å². The summed E-state index contributed by atoms with van der Waals surface area (Å²) >= 11 is 0. The van der Waals surface area contributed by atoms with E-state index < -0.39 is 5.60 Å². The molecule has 0 unspecified atom stereocenters. The highest BCUT2D eigenvalue weighted by Gasteiger charge is 2.36. The Morgan fingerprint density at radius 2 is 2.00 bits per heavy atom. The zero-order valence-electron chi connectivity index (χ0n) is 13.6. The number of nitrogens with one attached hydrogen (secondary N) is 1. The summed E-state index contributed by atoms with van der Waals surface area (Å²) in [4.78, 5) is 12.2. The molecule has 0 radical (unpaired) electrons. The van der Waals surface area contributed by atoms with Crippen LogP contribution in [-0.2, 0) is 13.5 Å². The Hall–Kier alpha value is -1.36. The van der Waals surface area contributed by atoms with Crippen LogP contribution in [0.3, 0.4) is 0 Å². The molecule has 21 heavy (non-hydrogen) atoms. The largest absolute Gasteiger partial charge is 0.388 e. The maximum atomic E-state index is 12.2. The fraction of sp³-hybridized carbons (Fsp3) is 0.750. The van der Waals surface area contributed by atoms with Gasteiger partial charge in [0, 0.05) is 13.6 Å². The predicted molar refractivity (Wildman–Crippen MR) is 82.1 cm³/mol. The number of carbonyl (C=O) groups excluding carboxylic acids is 1. The highest BCUT2D eigenvalue weighted by atomic mass is 16.3. The monoisotopic (exact) mass is 293 g/mol. The smallest absolute Gasteiger partial charge is 0.269 e. The summed E-state index contributed by atoms with van der Waals surface area (Å²) in [7, 11) is 1.77. The van der Waals surface area contributed by atoms with Crippen molar-refractivity contribution in [3.63, 3.8) is 0 Å². The fourth-order valence-electron chi connectivity index (χ4n) is 2.82. The molecule has 1 aromatic rings. The lowest BCUT2D eigenvalue weighted by molar-refractivity contribution is -0.0233. The summed E-state index contributed by atoms with van der Waals surface area (Å²) in [6.07, 6.45) is 4.27. The van der Waals surface area contributed by atoms with E-state index >= 15 is 0 Å². The van der Waals surface area contributed by atoms with Gasteiger partial charge in [0.15, 0.2) is 0 Å². The van der Waals surface area contributed by atoms with Crippen LogP contribution in [0.5, 0.6) is 0 Å². The molecule has 5 heteroatoms. The van der Waals surface area contributed by atoms with Crippen molar-refractivity contribution >= 4 is 5.91 Å². The molecule has 1 aliphatic carbocycles. The van der Waals surface area contributed by atoms with Gasteiger partial charge < -0.3 is 10.4 Å². The number of hydrogen-bond donors (Lipinski definition) is 2. The normalized spacial score (nSPS) is 20.2. The van der Waals surface area contributed by atoms with Crippen LogP contribution < -0.4 is 5.32 Å². The standard InChI is InChI=1S/C16H27N3O2/c1-5-12-10-13(19(4)18-12)14(20)17-11-16(21)8-6-15(2,3)7-9-16/h10,21H,5-9,11H2,1-4H3,(H,17,20). The van der Waals surface area contributed by atoms with Crippen LogP contribution in [0.1, 0.15) is 62.6 Å². The summed E-state index contributed by atoms with van der Waals surface area (Å²) in [5.41, 5.74) is 0.985. The van der Waals surface area contributed by atoms with Gasteiger partial charge in [-0.05, 0) is 43.6 Å². The van der Waals surface area contributed by atoms with E-state index in [1.165, 1.54) is 0 Å². The average molecular weight is 293 g/mol. The Morgan fingerprint density at radius 3 is 2.52 bits per heavy atom. The summed E-state index contributed by atoms with van der Waals surface area (Å²) in [5.74, 6) is -0.164. The van der Waals surface area contributed by atoms with Crippen molar-refractivity contribution in [1.82, 2.24) is 15.1 Å². The van der Waals surface area contributed by atoms with Gasteiger partial charge in [-0.3, -0.25) is 9.48 Å². The molecule has 1 saturated carbocycles. The molecule has 1 amide bonds. The Kier molecular flexibility index (Phi) is 4.42. The Balaban J connectivity index is 1.93. The second kappa shape index (κ2) is 5.79. The third-order valence-electron chi connectivity index (χ3n) is 4.64. The number of aryl methyl sites for hydroxylation is 2. The molecule has 5 nitrogen and oxygen atoms in total. The molecule has 2 rings (SSSR count). The van der Waals surface area contributed by atoms with E-state index in [-0.39, 0.29) is 5.91 Å². The molecule has 118 valence electrons. The van der Waals surface area contributed by atoms with Crippen LogP contribution in [0.25, 0.3) is 0 Å². The van der Waals surface area contributed by atoms with E-state index in [2.05, 4.69) is 24.3 Å². The van der Waals surface area contributed by atoms with Crippen molar-refractivity contribution in [1.29, 1.82) is 0 Å². The zero-order chi connectivity index (χ0) is 15.7. The summed E-state index contributed by atoms with van der Waals surface area (Å²) in [6, 6.07) is 1.81. The highest BCUT2D eigenvalue weighted by Crippen LogP contribution is 2.39. The zero-order valence-corrected chi connectivity index (χ0v) is 13.6. The lowest BCUT2D eigenvalue weighted by atomic mass is 9.71. The van der Waals surface area contributed by atoms with Gasteiger partial charge >= 0.3 is 0 Å². The van der Waals surface area contributed by atoms with Gasteiger partial charge in [0.2, 0.25) is 0 Å². The number of aromatic nitrogens is 2. The molecule has 1 aliphatic rings. The van der Waals surface area contributed by atoms with Gasteiger partial charge in [0.05, 0.1) is 11.3 Å². The van der Waals surface area contributed by atoms with Crippen LogP contribution in [0.4, 0.5) is 0 Å². The Bertz CT molecular complexity index is 510. The lowest BCUT2D eigenvalue weighted by Gasteiger charge is -2.40. The lowest BCUT2D eigenvalue weighted by Crippen LogP contribution is -2.46. The second-order valence-electron chi connectivity index (χ2n) is 7.07. The minimum absolute atomic E-state index is 0.164. The molecule has 2 N–H and O–H groups in total. The first-order chi connectivity index (χ1) is 9.75. The number of carbonyl (C=O) groups is 1. The topological polar surface area (TPSA) is 67.2 Å². The SMILES string of the molecule is CCc1cc(C(=O)NCC2(O)CCC(C)(C)CC2)n(C)n1. The minimum Gasteiger partial charge on any atom is -0.388 e. The van der Waals surface area contributed by atoms with E-state index in [0.717, 1.165) is 37.8 Å². The molecule has 0 bridgehead atoms. The van der Waals surface area contributed by atoms with E-state index in [4.69, 9.17) is 0 Å². The number of nitrogens with zero attached hydrogens (tertiary/aromatic N) is 2. The molecule has 0 spiro atoms. The second-order valence-corrected chi connectivity index (χ2v) is 7.07. The van der Waals surface area contributed by atoms with Crippen molar-refractivity contribution in [3.8, 4) is 0 Å². The molecule has 0 aromatic carbocycles. The molecular formula is C16H27N3O2. The van der Waals surface area contributed by atoms with Gasteiger partial charge in [0.25, 0.3) is 5.91 Å². The molecule has 0 saturated heterocycles. The van der Waals surface area contributed by atoms with Crippen molar-refractivity contribution < 1.29 is 9.90 Å². The third-order valence-corrected chi connectivity index (χ3v) is 4.64. The fourth-order valence-corrected chi connectivity index (χ4v) is 2.82. The molecule has 1 aromatic heterocycles. The van der Waals surface area contributed by atoms with Gasteiger partial charge in [-0.2, -0.15) is 5.10 Å². The van der Waals surface area contributed by atoms with Crippen LogP contribution in [0, 0.1) is 5.41 Å². The first-order valence-electron chi connectivity index (χ1n) is 7.78. The third kappa shape index (κ3) is 3.84. The summed E-state index contributed by atoms with van der Waals surface area (Å²) in [6.45, 7) is 6.78. The molecule has 1 fully saturated rings. The number of amides is 1. The van der Waals surface area contributed by atoms with Crippen molar-refractivity contribution in [2.24, 2.45) is 12.5 Å². The van der Waals surface area contributed by atoms with Gasteiger partial charge in [-0.15, -0.1) is 0 Å². The average Bonchev–Trinajstić information content (AvgIpc) is 2.82. The van der Waals surface area contributed by atoms with E-state index in [9.17, 15) is 9.90 Å². The van der Waals surface area contributed by atoms with E-state index in [1.807, 2.05) is 13.0 Å². The molecular weight excluding hydrogens is 266 g/mol. The number of aliphatic hydroxyl groups is 1. The molecule has 0 atom stereocenters. The van der Waals surface area contributed by atoms with E-state index in [1.54, 1.807) is 11.7 Å². The molecule has 0 aliphatic heterocycles. The van der Waals surface area contributed by atoms with Crippen molar-refractivity contribution in [3.05, 3.63) is 17.5 Å². The predicted octanol–water partition coefficient (Wildman–Crippen LogP) is 2.04. The highest BCUT2D eigenvalue weighted by molar-refractivity contribution is 5.92. The summed E-state index contributed by atoms with van der Waals surface area (Å²) < 4.78 is 1.60. The van der Waals surface area contributed by atoms with Crippen LogP contribution in [0.15, 0.2) is 6.07 Å². The van der Waals surface area contributed by atoms with Gasteiger partial charge in [0.1, 0.15) is 5.69 Å². The Morgan fingerprint density at radius 1 is 1.38 bits per heavy atom. The number of rotatable bonds is 4. The molecule has 1 heterocycles. The first kappa shape index (κ1) is 16.0. The Labute approximate surface area is 126 Å². The number of hydrogen-bond acceptors (Lipinski definition) is 3. The maximum absolute atomic E-state index is 12.2. The van der Waals surface area contributed by atoms with Crippen LogP contribution in [-0.4, -0.2) is 32.9 Å². The van der Waals surface area contributed by atoms with Crippen molar-refractivity contribution in [2.45, 2.75) is 58.5 Å². The van der Waals surface area contributed by atoms with Gasteiger partial charge in [-0.25, -0.2) is 0 Å². The minimum atomic E-state index is -0.767. The van der Waals surface area contributed by atoms with E-state index in [0.29, 0.717) is 17.7 Å².